The van der Waals surface area contributed by atoms with Gasteiger partial charge in [-0.2, -0.15) is 0 Å². The third-order valence-corrected chi connectivity index (χ3v) is 4.87. The summed E-state index contributed by atoms with van der Waals surface area (Å²) >= 11 is 0. The number of hydrogen-bond donors (Lipinski definition) is 1. The number of likely N-dealkylation sites (tertiary alicyclic amines) is 1. The molecule has 1 aromatic carbocycles. The molecule has 0 saturated carbocycles. The Morgan fingerprint density at radius 3 is 2.33 bits per heavy atom. The predicted molar refractivity (Wildman–Crippen MR) is 87.7 cm³/mol. The van der Waals surface area contributed by atoms with Crippen LogP contribution in [-0.2, 0) is 5.41 Å². The maximum atomic E-state index is 12.3. The van der Waals surface area contributed by atoms with E-state index < -0.39 is 0 Å². The van der Waals surface area contributed by atoms with Crippen LogP contribution in [-0.4, -0.2) is 37.0 Å². The molecule has 1 amide bonds. The van der Waals surface area contributed by atoms with Crippen molar-refractivity contribution in [3.8, 4) is 0 Å². The summed E-state index contributed by atoms with van der Waals surface area (Å²) in [7, 11) is 2.13. The Labute approximate surface area is 128 Å². The van der Waals surface area contributed by atoms with E-state index in [4.69, 9.17) is 0 Å². The molecule has 1 fully saturated rings. The van der Waals surface area contributed by atoms with Crippen LogP contribution in [0.5, 0.6) is 0 Å². The molecule has 0 radical (unpaired) electrons. The van der Waals surface area contributed by atoms with E-state index in [1.165, 1.54) is 5.56 Å². The monoisotopic (exact) mass is 288 g/mol. The van der Waals surface area contributed by atoms with Crippen LogP contribution in [0, 0.1) is 0 Å². The van der Waals surface area contributed by atoms with Crippen LogP contribution in [0.15, 0.2) is 24.3 Å². The molecule has 0 aliphatic carbocycles. The van der Waals surface area contributed by atoms with Gasteiger partial charge in [0, 0.05) is 11.6 Å². The van der Waals surface area contributed by atoms with Crippen LogP contribution in [0.3, 0.4) is 0 Å². The molecule has 21 heavy (non-hydrogen) atoms. The molecule has 3 heteroatoms. The molecule has 1 saturated heterocycles. The summed E-state index contributed by atoms with van der Waals surface area (Å²) in [4.78, 5) is 14.6. The zero-order valence-electron chi connectivity index (χ0n) is 13.8. The van der Waals surface area contributed by atoms with E-state index in [2.05, 4.69) is 50.2 Å². The number of benzene rings is 1. The van der Waals surface area contributed by atoms with Gasteiger partial charge in [-0.15, -0.1) is 0 Å². The Morgan fingerprint density at radius 2 is 1.81 bits per heavy atom. The lowest BCUT2D eigenvalue weighted by atomic mass is 9.82. The molecule has 116 valence electrons. The topological polar surface area (TPSA) is 32.3 Å². The summed E-state index contributed by atoms with van der Waals surface area (Å²) in [5, 5.41) is 3.16. The largest absolute Gasteiger partial charge is 0.349 e. The number of amides is 1. The maximum absolute atomic E-state index is 12.3. The minimum atomic E-state index is 0.0606. The number of rotatable bonds is 4. The lowest BCUT2D eigenvalue weighted by Crippen LogP contribution is -2.43. The molecule has 0 atom stereocenters. The number of hydrogen-bond acceptors (Lipinski definition) is 2. The Morgan fingerprint density at radius 1 is 1.24 bits per heavy atom. The standard InChI is InChI=1S/C18H28N2O/c1-5-18(2,3)15-8-6-14(7-9-15)17(21)19-16-10-12-20(4)13-11-16/h6-9,16H,5,10-13H2,1-4H3,(H,19,21). The van der Waals surface area contributed by atoms with Crippen LogP contribution in [0.2, 0.25) is 0 Å². The van der Waals surface area contributed by atoms with E-state index in [0.29, 0.717) is 6.04 Å². The SMILES string of the molecule is CCC(C)(C)c1ccc(C(=O)NC2CCN(C)CC2)cc1. The minimum absolute atomic E-state index is 0.0606. The van der Waals surface area contributed by atoms with Gasteiger partial charge in [-0.1, -0.05) is 32.9 Å². The van der Waals surface area contributed by atoms with E-state index in [0.717, 1.165) is 37.9 Å². The first-order valence-corrected chi connectivity index (χ1v) is 8.02. The van der Waals surface area contributed by atoms with Crippen molar-refractivity contribution in [2.45, 2.75) is 51.5 Å². The van der Waals surface area contributed by atoms with Gasteiger partial charge in [0.1, 0.15) is 0 Å². The van der Waals surface area contributed by atoms with Crippen molar-refractivity contribution in [3.63, 3.8) is 0 Å². The molecule has 1 aliphatic heterocycles. The highest BCUT2D eigenvalue weighted by Crippen LogP contribution is 2.26. The molecule has 0 bridgehead atoms. The van der Waals surface area contributed by atoms with E-state index in [1.54, 1.807) is 0 Å². The second-order valence-corrected chi connectivity index (χ2v) is 6.87. The van der Waals surface area contributed by atoms with Gasteiger partial charge < -0.3 is 10.2 Å². The van der Waals surface area contributed by atoms with E-state index in [9.17, 15) is 4.79 Å². The van der Waals surface area contributed by atoms with Gasteiger partial charge in [0.25, 0.3) is 5.91 Å². The number of carbonyl (C=O) groups excluding carboxylic acids is 1. The Bertz CT molecular complexity index is 470. The van der Waals surface area contributed by atoms with Gasteiger partial charge in [0.15, 0.2) is 0 Å². The van der Waals surface area contributed by atoms with Crippen molar-refractivity contribution in [3.05, 3.63) is 35.4 Å². The van der Waals surface area contributed by atoms with Crippen LogP contribution < -0.4 is 5.32 Å². The minimum Gasteiger partial charge on any atom is -0.349 e. The fraction of sp³-hybridized carbons (Fsp3) is 0.611. The zero-order chi connectivity index (χ0) is 15.5. The molecular weight excluding hydrogens is 260 g/mol. The third kappa shape index (κ3) is 4.07. The molecule has 1 aromatic rings. The quantitative estimate of drug-likeness (QED) is 0.923. The second-order valence-electron chi connectivity index (χ2n) is 6.87. The highest BCUT2D eigenvalue weighted by molar-refractivity contribution is 5.94. The predicted octanol–water partition coefficient (Wildman–Crippen LogP) is 3.20. The molecule has 0 spiro atoms. The third-order valence-electron chi connectivity index (χ3n) is 4.87. The Kier molecular flexibility index (Phi) is 5.04. The number of nitrogens with zero attached hydrogens (tertiary/aromatic N) is 1. The number of carbonyl (C=O) groups is 1. The van der Waals surface area contributed by atoms with Crippen LogP contribution in [0.1, 0.15) is 56.0 Å². The highest BCUT2D eigenvalue weighted by atomic mass is 16.1. The first kappa shape index (κ1) is 16.0. The maximum Gasteiger partial charge on any atom is 0.251 e. The molecular formula is C18H28N2O. The summed E-state index contributed by atoms with van der Waals surface area (Å²) in [6.45, 7) is 8.80. The summed E-state index contributed by atoms with van der Waals surface area (Å²) in [5.74, 6) is 0.0606. The van der Waals surface area contributed by atoms with E-state index in [-0.39, 0.29) is 11.3 Å². The summed E-state index contributed by atoms with van der Waals surface area (Å²) in [6, 6.07) is 8.41. The van der Waals surface area contributed by atoms with Crippen molar-refractivity contribution in [2.24, 2.45) is 0 Å². The Balaban J connectivity index is 1.97. The van der Waals surface area contributed by atoms with Gasteiger partial charge in [-0.25, -0.2) is 0 Å². The average molecular weight is 288 g/mol. The van der Waals surface area contributed by atoms with E-state index >= 15 is 0 Å². The van der Waals surface area contributed by atoms with Crippen molar-refractivity contribution in [1.29, 1.82) is 0 Å². The highest BCUT2D eigenvalue weighted by Gasteiger charge is 2.20. The lowest BCUT2D eigenvalue weighted by Gasteiger charge is -2.29. The summed E-state index contributed by atoms with van der Waals surface area (Å²) < 4.78 is 0. The molecule has 1 aliphatic rings. The number of nitrogens with one attached hydrogen (secondary N) is 1. The molecule has 0 unspecified atom stereocenters. The van der Waals surface area contributed by atoms with Crippen molar-refractivity contribution >= 4 is 5.91 Å². The Hall–Kier alpha value is -1.35. The van der Waals surface area contributed by atoms with E-state index in [1.807, 2.05) is 12.1 Å². The van der Waals surface area contributed by atoms with Gasteiger partial charge in [0.2, 0.25) is 0 Å². The van der Waals surface area contributed by atoms with Crippen molar-refractivity contribution in [1.82, 2.24) is 10.2 Å². The smallest absolute Gasteiger partial charge is 0.251 e. The van der Waals surface area contributed by atoms with Crippen LogP contribution >= 0.6 is 0 Å². The van der Waals surface area contributed by atoms with Gasteiger partial charge in [-0.3, -0.25) is 4.79 Å². The number of piperidine rings is 1. The molecule has 2 rings (SSSR count). The summed E-state index contributed by atoms with van der Waals surface area (Å²) in [6.07, 6.45) is 3.18. The van der Waals surface area contributed by atoms with Crippen LogP contribution in [0.25, 0.3) is 0 Å². The zero-order valence-corrected chi connectivity index (χ0v) is 13.8. The van der Waals surface area contributed by atoms with Crippen molar-refractivity contribution < 1.29 is 4.79 Å². The molecule has 1 heterocycles. The fourth-order valence-corrected chi connectivity index (χ4v) is 2.70. The first-order chi connectivity index (χ1) is 9.92. The lowest BCUT2D eigenvalue weighted by molar-refractivity contribution is 0.0917. The van der Waals surface area contributed by atoms with Gasteiger partial charge >= 0.3 is 0 Å². The fourth-order valence-electron chi connectivity index (χ4n) is 2.70. The second kappa shape index (κ2) is 6.61. The van der Waals surface area contributed by atoms with Crippen molar-refractivity contribution in [2.75, 3.05) is 20.1 Å². The normalized spacial score (nSPS) is 17.7. The summed E-state index contributed by atoms with van der Waals surface area (Å²) in [5.41, 5.74) is 2.23. The van der Waals surface area contributed by atoms with Gasteiger partial charge in [-0.05, 0) is 62.5 Å². The average Bonchev–Trinajstić information content (AvgIpc) is 2.49. The molecule has 0 aromatic heterocycles. The molecule has 1 N–H and O–H groups in total. The van der Waals surface area contributed by atoms with Gasteiger partial charge in [0.05, 0.1) is 0 Å². The molecule has 3 nitrogen and oxygen atoms in total. The van der Waals surface area contributed by atoms with Crippen LogP contribution in [0.4, 0.5) is 0 Å². The first-order valence-electron chi connectivity index (χ1n) is 8.02.